The van der Waals surface area contributed by atoms with E-state index in [1.807, 2.05) is 4.90 Å². The zero-order chi connectivity index (χ0) is 13.8. The first-order chi connectivity index (χ1) is 9.13. The summed E-state index contributed by atoms with van der Waals surface area (Å²) in [6, 6.07) is 6.63. The Morgan fingerprint density at radius 3 is 2.60 bits per heavy atom. The minimum absolute atomic E-state index is 0. The molecule has 1 aromatic rings. The Kier molecular flexibility index (Phi) is 5.98. The van der Waals surface area contributed by atoms with E-state index >= 15 is 0 Å². The van der Waals surface area contributed by atoms with Crippen molar-refractivity contribution in [3.05, 3.63) is 35.4 Å². The van der Waals surface area contributed by atoms with E-state index in [0.717, 1.165) is 25.8 Å². The highest BCUT2D eigenvalue weighted by atomic mass is 35.5. The molecule has 110 valence electrons. The highest BCUT2D eigenvalue weighted by molar-refractivity contribution is 5.99. The Morgan fingerprint density at radius 2 is 1.95 bits per heavy atom. The molecule has 1 fully saturated rings. The average molecular weight is 298 g/mol. The van der Waals surface area contributed by atoms with Crippen LogP contribution in [0.3, 0.4) is 0 Å². The largest absolute Gasteiger partial charge is 0.366 e. The third-order valence-electron chi connectivity index (χ3n) is 3.55. The molecule has 0 aromatic heterocycles. The Morgan fingerprint density at radius 1 is 1.25 bits per heavy atom. The van der Waals surface area contributed by atoms with Crippen LogP contribution in [0, 0.1) is 0 Å². The molecule has 0 aliphatic carbocycles. The molecule has 1 aromatic carbocycles. The molecular weight excluding hydrogens is 278 g/mol. The SMILES string of the molecule is Cl.NCC1CCCCN1C(=O)c1cccc(C(N)=O)c1. The summed E-state index contributed by atoms with van der Waals surface area (Å²) < 4.78 is 0. The lowest BCUT2D eigenvalue weighted by molar-refractivity contribution is 0.0623. The maximum absolute atomic E-state index is 12.5. The molecule has 1 heterocycles. The van der Waals surface area contributed by atoms with E-state index in [2.05, 4.69) is 0 Å². The molecule has 5 nitrogen and oxygen atoms in total. The molecule has 0 saturated carbocycles. The van der Waals surface area contributed by atoms with E-state index in [1.54, 1.807) is 24.3 Å². The van der Waals surface area contributed by atoms with E-state index in [-0.39, 0.29) is 24.4 Å². The molecule has 1 aliphatic rings. The third kappa shape index (κ3) is 3.49. The van der Waals surface area contributed by atoms with E-state index in [1.165, 1.54) is 0 Å². The first-order valence-electron chi connectivity index (χ1n) is 6.54. The highest BCUT2D eigenvalue weighted by Crippen LogP contribution is 2.19. The second-order valence-corrected chi connectivity index (χ2v) is 4.83. The number of rotatable bonds is 3. The van der Waals surface area contributed by atoms with E-state index in [0.29, 0.717) is 17.7 Å². The van der Waals surface area contributed by atoms with Gasteiger partial charge in [-0.25, -0.2) is 0 Å². The topological polar surface area (TPSA) is 89.4 Å². The number of carbonyl (C=O) groups is 2. The quantitative estimate of drug-likeness (QED) is 0.877. The second-order valence-electron chi connectivity index (χ2n) is 4.83. The number of primary amides is 1. The van der Waals surface area contributed by atoms with Gasteiger partial charge in [-0.1, -0.05) is 6.07 Å². The Balaban J connectivity index is 0.00000200. The van der Waals surface area contributed by atoms with Crippen LogP contribution in [0.15, 0.2) is 24.3 Å². The number of carbonyl (C=O) groups excluding carboxylic acids is 2. The third-order valence-corrected chi connectivity index (χ3v) is 3.55. The van der Waals surface area contributed by atoms with Crippen molar-refractivity contribution in [3.8, 4) is 0 Å². The van der Waals surface area contributed by atoms with Crippen LogP contribution < -0.4 is 11.5 Å². The van der Waals surface area contributed by atoms with Gasteiger partial charge < -0.3 is 16.4 Å². The first kappa shape index (κ1) is 16.5. The summed E-state index contributed by atoms with van der Waals surface area (Å²) in [5.41, 5.74) is 11.8. The van der Waals surface area contributed by atoms with Crippen LogP contribution in [-0.2, 0) is 0 Å². The summed E-state index contributed by atoms with van der Waals surface area (Å²) in [4.78, 5) is 25.4. The number of nitrogens with two attached hydrogens (primary N) is 2. The lowest BCUT2D eigenvalue weighted by atomic mass is 10.0. The van der Waals surface area contributed by atoms with E-state index in [9.17, 15) is 9.59 Å². The Labute approximate surface area is 124 Å². The molecular formula is C14H20ClN3O2. The van der Waals surface area contributed by atoms with Gasteiger partial charge in [-0.2, -0.15) is 0 Å². The summed E-state index contributed by atoms with van der Waals surface area (Å²) in [5.74, 6) is -0.595. The highest BCUT2D eigenvalue weighted by Gasteiger charge is 2.26. The second kappa shape index (κ2) is 7.26. The van der Waals surface area contributed by atoms with Gasteiger partial charge in [0.05, 0.1) is 0 Å². The molecule has 1 aliphatic heterocycles. The van der Waals surface area contributed by atoms with Crippen molar-refractivity contribution in [2.24, 2.45) is 11.5 Å². The van der Waals surface area contributed by atoms with Crippen molar-refractivity contribution >= 4 is 24.2 Å². The van der Waals surface area contributed by atoms with Gasteiger partial charge in [0.1, 0.15) is 0 Å². The van der Waals surface area contributed by atoms with Crippen LogP contribution >= 0.6 is 12.4 Å². The first-order valence-corrected chi connectivity index (χ1v) is 6.54. The molecule has 6 heteroatoms. The van der Waals surface area contributed by atoms with Crippen LogP contribution in [0.25, 0.3) is 0 Å². The standard InChI is InChI=1S/C14H19N3O2.ClH/c15-9-12-6-1-2-7-17(12)14(19)11-5-3-4-10(8-11)13(16)18;/h3-5,8,12H,1-2,6-7,9,15H2,(H2,16,18);1H. The number of piperidine rings is 1. The molecule has 0 bridgehead atoms. The monoisotopic (exact) mass is 297 g/mol. The number of nitrogens with zero attached hydrogens (tertiary/aromatic N) is 1. The zero-order valence-corrected chi connectivity index (χ0v) is 12.1. The molecule has 0 spiro atoms. The predicted octanol–water partition coefficient (Wildman–Crippen LogP) is 1.16. The summed E-state index contributed by atoms with van der Waals surface area (Å²) in [6.07, 6.45) is 3.04. The number of hydrogen-bond acceptors (Lipinski definition) is 3. The van der Waals surface area contributed by atoms with Crippen LogP contribution in [-0.4, -0.2) is 35.8 Å². The van der Waals surface area contributed by atoms with Crippen molar-refractivity contribution in [1.82, 2.24) is 4.90 Å². The lowest BCUT2D eigenvalue weighted by Gasteiger charge is -2.35. The maximum atomic E-state index is 12.5. The summed E-state index contributed by atoms with van der Waals surface area (Å²) in [7, 11) is 0. The molecule has 4 N–H and O–H groups in total. The van der Waals surface area contributed by atoms with Gasteiger partial charge in [0, 0.05) is 30.3 Å². The molecule has 0 radical (unpaired) electrons. The predicted molar refractivity (Wildman–Crippen MR) is 79.9 cm³/mol. The van der Waals surface area contributed by atoms with E-state index in [4.69, 9.17) is 11.5 Å². The molecule has 20 heavy (non-hydrogen) atoms. The van der Waals surface area contributed by atoms with Gasteiger partial charge in [0.2, 0.25) is 5.91 Å². The smallest absolute Gasteiger partial charge is 0.254 e. The van der Waals surface area contributed by atoms with Gasteiger partial charge in [-0.3, -0.25) is 9.59 Å². The van der Waals surface area contributed by atoms with Crippen molar-refractivity contribution in [2.75, 3.05) is 13.1 Å². The minimum Gasteiger partial charge on any atom is -0.366 e. The fourth-order valence-electron chi connectivity index (χ4n) is 2.48. The van der Waals surface area contributed by atoms with Gasteiger partial charge in [0.25, 0.3) is 5.91 Å². The number of benzene rings is 1. The summed E-state index contributed by atoms with van der Waals surface area (Å²) >= 11 is 0. The van der Waals surface area contributed by atoms with Gasteiger partial charge in [0.15, 0.2) is 0 Å². The lowest BCUT2D eigenvalue weighted by Crippen LogP contribution is -2.47. The minimum atomic E-state index is -0.524. The summed E-state index contributed by atoms with van der Waals surface area (Å²) in [5, 5.41) is 0. The molecule has 2 rings (SSSR count). The molecule has 1 unspecified atom stereocenters. The average Bonchev–Trinajstić information content (AvgIpc) is 2.46. The van der Waals surface area contributed by atoms with Gasteiger partial charge in [-0.15, -0.1) is 12.4 Å². The fraction of sp³-hybridized carbons (Fsp3) is 0.429. The van der Waals surface area contributed by atoms with Crippen molar-refractivity contribution in [3.63, 3.8) is 0 Å². The molecule has 2 amide bonds. The number of hydrogen-bond donors (Lipinski definition) is 2. The van der Waals surface area contributed by atoms with Crippen LogP contribution in [0.4, 0.5) is 0 Å². The van der Waals surface area contributed by atoms with Crippen molar-refractivity contribution in [2.45, 2.75) is 25.3 Å². The van der Waals surface area contributed by atoms with Gasteiger partial charge in [-0.05, 0) is 37.5 Å². The van der Waals surface area contributed by atoms with Crippen molar-refractivity contribution in [1.29, 1.82) is 0 Å². The molecule has 1 atom stereocenters. The van der Waals surface area contributed by atoms with Crippen LogP contribution in [0.2, 0.25) is 0 Å². The van der Waals surface area contributed by atoms with Gasteiger partial charge >= 0.3 is 0 Å². The fourth-order valence-corrected chi connectivity index (χ4v) is 2.48. The Bertz CT molecular complexity index is 493. The normalized spacial score (nSPS) is 18.2. The van der Waals surface area contributed by atoms with Crippen LogP contribution in [0.5, 0.6) is 0 Å². The Hall–Kier alpha value is -1.59. The zero-order valence-electron chi connectivity index (χ0n) is 11.2. The maximum Gasteiger partial charge on any atom is 0.254 e. The number of likely N-dealkylation sites (tertiary alicyclic amines) is 1. The number of amides is 2. The van der Waals surface area contributed by atoms with E-state index < -0.39 is 5.91 Å². The summed E-state index contributed by atoms with van der Waals surface area (Å²) in [6.45, 7) is 1.20. The van der Waals surface area contributed by atoms with Crippen molar-refractivity contribution < 1.29 is 9.59 Å². The number of halogens is 1. The van der Waals surface area contributed by atoms with Crippen LogP contribution in [0.1, 0.15) is 40.0 Å². The molecule has 1 saturated heterocycles.